The first-order chi connectivity index (χ1) is 16.3. The fraction of sp³-hybridized carbons (Fsp3) is 0.308. The molecule has 1 N–H and O–H groups in total. The van der Waals surface area contributed by atoms with Crippen molar-refractivity contribution in [2.75, 3.05) is 13.7 Å². The van der Waals surface area contributed by atoms with E-state index >= 15 is 0 Å². The van der Waals surface area contributed by atoms with Gasteiger partial charge in [-0.1, -0.05) is 12.1 Å². The second-order valence-electron chi connectivity index (χ2n) is 8.75. The molecule has 1 aromatic heterocycles. The third-order valence-electron chi connectivity index (χ3n) is 5.96. The van der Waals surface area contributed by atoms with E-state index in [2.05, 4.69) is 10.3 Å². The number of amides is 2. The van der Waals surface area contributed by atoms with Crippen molar-refractivity contribution >= 4 is 11.8 Å². The number of halogens is 1. The molecular weight excluding hydrogens is 435 g/mol. The predicted octanol–water partition coefficient (Wildman–Crippen LogP) is 4.16. The zero-order chi connectivity index (χ0) is 24.3. The van der Waals surface area contributed by atoms with E-state index in [1.54, 1.807) is 38.1 Å². The molecule has 3 aromatic rings. The summed E-state index contributed by atoms with van der Waals surface area (Å²) in [4.78, 5) is 37.0. The minimum Gasteiger partial charge on any atom is -0.497 e. The number of nitrogens with one attached hydrogen (secondary N) is 1. The van der Waals surface area contributed by atoms with E-state index in [9.17, 15) is 14.0 Å². The monoisotopic (exact) mass is 462 g/mol. The molecule has 1 aliphatic rings. The highest BCUT2D eigenvalue weighted by Crippen LogP contribution is 2.33. The SMILES string of the molecule is COc1ccc(-c2nccc([C@H]3CCCN3C(=O)C(C)(C)NC(=O)c3ccccc3F)n2)cc1. The fourth-order valence-electron chi connectivity index (χ4n) is 4.16. The summed E-state index contributed by atoms with van der Waals surface area (Å²) in [5.74, 6) is -0.201. The van der Waals surface area contributed by atoms with Crippen LogP contribution in [0.2, 0.25) is 0 Å². The van der Waals surface area contributed by atoms with Crippen LogP contribution in [0.15, 0.2) is 60.8 Å². The molecule has 0 radical (unpaired) electrons. The van der Waals surface area contributed by atoms with Gasteiger partial charge >= 0.3 is 0 Å². The quantitative estimate of drug-likeness (QED) is 0.595. The van der Waals surface area contributed by atoms with E-state index in [-0.39, 0.29) is 17.5 Å². The van der Waals surface area contributed by atoms with Crippen LogP contribution in [0.5, 0.6) is 5.75 Å². The smallest absolute Gasteiger partial charge is 0.255 e. The molecule has 1 saturated heterocycles. The second kappa shape index (κ2) is 9.59. The van der Waals surface area contributed by atoms with Gasteiger partial charge in [0.15, 0.2) is 5.82 Å². The van der Waals surface area contributed by atoms with Gasteiger partial charge in [0.05, 0.1) is 24.4 Å². The molecule has 0 aliphatic carbocycles. The average molecular weight is 463 g/mol. The number of ether oxygens (including phenoxy) is 1. The van der Waals surface area contributed by atoms with Crippen molar-refractivity contribution in [1.29, 1.82) is 0 Å². The van der Waals surface area contributed by atoms with Gasteiger partial charge in [0.1, 0.15) is 17.1 Å². The minimum absolute atomic E-state index is 0.0960. The lowest BCUT2D eigenvalue weighted by Crippen LogP contribution is -2.55. The molecule has 0 unspecified atom stereocenters. The van der Waals surface area contributed by atoms with Crippen molar-refractivity contribution in [2.45, 2.75) is 38.3 Å². The summed E-state index contributed by atoms with van der Waals surface area (Å²) >= 11 is 0. The Hall–Kier alpha value is -3.81. The summed E-state index contributed by atoms with van der Waals surface area (Å²) in [6.07, 6.45) is 3.26. The number of methoxy groups -OCH3 is 1. The molecule has 4 rings (SSSR count). The molecule has 2 heterocycles. The van der Waals surface area contributed by atoms with Gasteiger partial charge < -0.3 is 15.0 Å². The summed E-state index contributed by atoms with van der Waals surface area (Å²) in [5, 5.41) is 2.70. The lowest BCUT2D eigenvalue weighted by atomic mass is 10.0. The van der Waals surface area contributed by atoms with Crippen molar-refractivity contribution in [3.8, 4) is 17.1 Å². The van der Waals surface area contributed by atoms with Gasteiger partial charge in [-0.05, 0) is 69.2 Å². The molecule has 0 bridgehead atoms. The first kappa shape index (κ1) is 23.4. The van der Waals surface area contributed by atoms with Crippen LogP contribution in [0.3, 0.4) is 0 Å². The molecular formula is C26H27FN4O3. The van der Waals surface area contributed by atoms with E-state index in [4.69, 9.17) is 9.72 Å². The maximum absolute atomic E-state index is 14.0. The third-order valence-corrected chi connectivity index (χ3v) is 5.96. The Morgan fingerprint density at radius 3 is 2.56 bits per heavy atom. The highest BCUT2D eigenvalue weighted by Gasteiger charge is 2.40. The number of aromatic nitrogens is 2. The van der Waals surface area contributed by atoms with Crippen LogP contribution < -0.4 is 10.1 Å². The summed E-state index contributed by atoms with van der Waals surface area (Å²) in [6.45, 7) is 3.81. The van der Waals surface area contributed by atoms with Gasteiger partial charge in [-0.2, -0.15) is 0 Å². The maximum Gasteiger partial charge on any atom is 0.255 e. The maximum atomic E-state index is 14.0. The van der Waals surface area contributed by atoms with Crippen LogP contribution in [0.1, 0.15) is 48.8 Å². The molecule has 0 saturated carbocycles. The molecule has 0 spiro atoms. The van der Waals surface area contributed by atoms with Gasteiger partial charge in [-0.25, -0.2) is 14.4 Å². The molecule has 1 fully saturated rings. The van der Waals surface area contributed by atoms with E-state index in [0.29, 0.717) is 12.4 Å². The molecule has 2 aromatic carbocycles. The fourth-order valence-corrected chi connectivity index (χ4v) is 4.16. The molecule has 2 amide bonds. The largest absolute Gasteiger partial charge is 0.497 e. The van der Waals surface area contributed by atoms with Gasteiger partial charge in [-0.15, -0.1) is 0 Å². The summed E-state index contributed by atoms with van der Waals surface area (Å²) < 4.78 is 19.3. The first-order valence-electron chi connectivity index (χ1n) is 11.2. The highest BCUT2D eigenvalue weighted by atomic mass is 19.1. The number of hydrogen-bond donors (Lipinski definition) is 1. The van der Waals surface area contributed by atoms with Crippen molar-refractivity contribution in [1.82, 2.24) is 20.2 Å². The van der Waals surface area contributed by atoms with E-state index in [1.165, 1.54) is 18.2 Å². The Morgan fingerprint density at radius 2 is 1.85 bits per heavy atom. The van der Waals surface area contributed by atoms with E-state index in [0.717, 1.165) is 29.8 Å². The lowest BCUT2D eigenvalue weighted by Gasteiger charge is -2.33. The number of nitrogens with zero attached hydrogens (tertiary/aromatic N) is 3. The van der Waals surface area contributed by atoms with Crippen LogP contribution in [0.25, 0.3) is 11.4 Å². The van der Waals surface area contributed by atoms with Crippen molar-refractivity contribution in [3.05, 3.63) is 77.9 Å². The van der Waals surface area contributed by atoms with Crippen LogP contribution in [-0.4, -0.2) is 45.9 Å². The Balaban J connectivity index is 1.54. The topological polar surface area (TPSA) is 84.4 Å². The molecule has 1 aliphatic heterocycles. The Bertz CT molecular complexity index is 1200. The first-order valence-corrected chi connectivity index (χ1v) is 11.2. The number of hydrogen-bond acceptors (Lipinski definition) is 5. The Labute approximate surface area is 198 Å². The second-order valence-corrected chi connectivity index (χ2v) is 8.75. The number of carbonyl (C=O) groups excluding carboxylic acids is 2. The van der Waals surface area contributed by atoms with Gasteiger partial charge in [0, 0.05) is 18.3 Å². The minimum atomic E-state index is -1.23. The number of carbonyl (C=O) groups is 2. The average Bonchev–Trinajstić information content (AvgIpc) is 3.33. The van der Waals surface area contributed by atoms with Crippen LogP contribution in [0.4, 0.5) is 4.39 Å². The summed E-state index contributed by atoms with van der Waals surface area (Å²) in [7, 11) is 1.61. The highest BCUT2D eigenvalue weighted by molar-refractivity contribution is 5.99. The molecule has 8 heteroatoms. The zero-order valence-corrected chi connectivity index (χ0v) is 19.4. The van der Waals surface area contributed by atoms with Crippen LogP contribution in [0, 0.1) is 5.82 Å². The van der Waals surface area contributed by atoms with Crippen LogP contribution >= 0.6 is 0 Å². The number of benzene rings is 2. The predicted molar refractivity (Wildman–Crippen MR) is 126 cm³/mol. The normalized spacial score (nSPS) is 15.8. The lowest BCUT2D eigenvalue weighted by molar-refractivity contribution is -0.137. The Morgan fingerprint density at radius 1 is 1.12 bits per heavy atom. The summed E-state index contributed by atoms with van der Waals surface area (Å²) in [5.41, 5.74) is 0.258. The molecule has 176 valence electrons. The number of likely N-dealkylation sites (tertiary alicyclic amines) is 1. The third kappa shape index (κ3) is 4.76. The van der Waals surface area contributed by atoms with E-state index < -0.39 is 17.3 Å². The van der Waals surface area contributed by atoms with Crippen molar-refractivity contribution < 1.29 is 18.7 Å². The van der Waals surface area contributed by atoms with Crippen molar-refractivity contribution in [3.63, 3.8) is 0 Å². The molecule has 34 heavy (non-hydrogen) atoms. The van der Waals surface area contributed by atoms with Gasteiger partial charge in [0.25, 0.3) is 5.91 Å². The number of rotatable bonds is 6. The molecule has 7 nitrogen and oxygen atoms in total. The van der Waals surface area contributed by atoms with Crippen molar-refractivity contribution in [2.24, 2.45) is 0 Å². The zero-order valence-electron chi connectivity index (χ0n) is 19.4. The van der Waals surface area contributed by atoms with Gasteiger partial charge in [-0.3, -0.25) is 9.59 Å². The van der Waals surface area contributed by atoms with Gasteiger partial charge in [0.2, 0.25) is 5.91 Å². The Kier molecular flexibility index (Phi) is 6.58. The van der Waals surface area contributed by atoms with Crippen LogP contribution in [-0.2, 0) is 4.79 Å². The summed E-state index contributed by atoms with van der Waals surface area (Å²) in [6, 6.07) is 14.7. The molecule has 1 atom stereocenters. The standard InChI is InChI=1S/C26H27FN4O3/c1-26(2,30-24(32)19-7-4-5-8-20(19)27)25(33)31-16-6-9-22(31)21-14-15-28-23(29-21)17-10-12-18(34-3)13-11-17/h4-5,7-8,10-15,22H,6,9,16H2,1-3H3,(H,30,32)/t22-/m1/s1. The van der Waals surface area contributed by atoms with E-state index in [1.807, 2.05) is 30.3 Å².